The number of aromatic nitrogens is 2. The van der Waals surface area contributed by atoms with E-state index in [0.717, 1.165) is 23.0 Å². The normalized spacial score (nSPS) is 20.1. The number of aryl methyl sites for hydroxylation is 1. The fourth-order valence-electron chi connectivity index (χ4n) is 2.65. The molecule has 2 aromatic rings. The van der Waals surface area contributed by atoms with Gasteiger partial charge in [-0.05, 0) is 25.0 Å². The Hall–Kier alpha value is -2.04. The number of carbonyl (C=O) groups is 1. The number of rotatable bonds is 1. The van der Waals surface area contributed by atoms with Gasteiger partial charge in [0.05, 0.1) is 17.1 Å². The molecular weight excluding hydrogens is 228 g/mol. The maximum atomic E-state index is 11.2. The summed E-state index contributed by atoms with van der Waals surface area (Å²) in [5.41, 5.74) is 9.19. The van der Waals surface area contributed by atoms with Gasteiger partial charge in [0.2, 0.25) is 11.9 Å². The van der Waals surface area contributed by atoms with E-state index in [1.54, 1.807) is 0 Å². The number of hydrogen-bond acceptors (Lipinski definition) is 3. The Balaban J connectivity index is 2.11. The Morgan fingerprint density at radius 3 is 3.06 bits per heavy atom. The first kappa shape index (κ1) is 11.1. The van der Waals surface area contributed by atoms with E-state index in [1.807, 2.05) is 12.1 Å². The molecule has 1 aliphatic rings. The molecule has 2 heterocycles. The maximum absolute atomic E-state index is 11.2. The van der Waals surface area contributed by atoms with Crippen molar-refractivity contribution in [2.75, 3.05) is 12.3 Å². The number of benzene rings is 1. The summed E-state index contributed by atoms with van der Waals surface area (Å²) < 4.78 is 2.06. The van der Waals surface area contributed by atoms with Crippen LogP contribution in [0.15, 0.2) is 18.2 Å². The molecule has 94 valence electrons. The fourth-order valence-corrected chi connectivity index (χ4v) is 2.65. The minimum absolute atomic E-state index is 0.117. The van der Waals surface area contributed by atoms with Gasteiger partial charge in [0, 0.05) is 13.0 Å². The predicted molar refractivity (Wildman–Crippen MR) is 70.2 cm³/mol. The third kappa shape index (κ3) is 1.63. The van der Waals surface area contributed by atoms with Crippen LogP contribution in [0.2, 0.25) is 0 Å². The van der Waals surface area contributed by atoms with Crippen LogP contribution >= 0.6 is 0 Å². The van der Waals surface area contributed by atoms with Crippen molar-refractivity contribution < 1.29 is 4.79 Å². The number of nitrogens with two attached hydrogens (primary N) is 1. The molecule has 3 N–H and O–H groups in total. The minimum Gasteiger partial charge on any atom is -0.369 e. The molecule has 1 aromatic carbocycles. The third-order valence-corrected chi connectivity index (χ3v) is 3.54. The van der Waals surface area contributed by atoms with Gasteiger partial charge in [0.25, 0.3) is 0 Å². The first-order valence-electron chi connectivity index (χ1n) is 6.16. The van der Waals surface area contributed by atoms with Crippen molar-refractivity contribution in [3.63, 3.8) is 0 Å². The highest BCUT2D eigenvalue weighted by molar-refractivity contribution is 5.82. The van der Waals surface area contributed by atoms with E-state index in [-0.39, 0.29) is 11.9 Å². The van der Waals surface area contributed by atoms with Crippen LogP contribution in [0.4, 0.5) is 5.95 Å². The van der Waals surface area contributed by atoms with Crippen molar-refractivity contribution in [2.24, 2.45) is 0 Å². The molecule has 0 bridgehead atoms. The lowest BCUT2D eigenvalue weighted by Crippen LogP contribution is -2.36. The van der Waals surface area contributed by atoms with Crippen LogP contribution in [0.1, 0.15) is 24.4 Å². The number of carbonyl (C=O) groups excluding carboxylic acids is 1. The zero-order valence-electron chi connectivity index (χ0n) is 10.3. The van der Waals surface area contributed by atoms with E-state index in [4.69, 9.17) is 5.73 Å². The van der Waals surface area contributed by atoms with Gasteiger partial charge < -0.3 is 15.6 Å². The quantitative estimate of drug-likeness (QED) is 0.796. The number of nitrogens with zero attached hydrogens (tertiary/aromatic N) is 2. The van der Waals surface area contributed by atoms with Crippen molar-refractivity contribution >= 4 is 22.9 Å². The highest BCUT2D eigenvalue weighted by Gasteiger charge is 2.23. The zero-order chi connectivity index (χ0) is 12.7. The molecule has 5 heteroatoms. The molecular formula is C13H16N4O. The summed E-state index contributed by atoms with van der Waals surface area (Å²) in [5, 5.41) is 2.89. The molecule has 0 saturated carbocycles. The summed E-state index contributed by atoms with van der Waals surface area (Å²) in [6, 6.07) is 6.21. The SMILES string of the molecule is Cc1cccc2nc(N)n(C3CCC(=O)NC3)c12. The molecule has 0 aliphatic carbocycles. The second-order valence-corrected chi connectivity index (χ2v) is 4.78. The Labute approximate surface area is 105 Å². The second kappa shape index (κ2) is 4.01. The first-order chi connectivity index (χ1) is 8.66. The average Bonchev–Trinajstić information content (AvgIpc) is 2.68. The maximum Gasteiger partial charge on any atom is 0.220 e. The van der Waals surface area contributed by atoms with E-state index >= 15 is 0 Å². The molecule has 5 nitrogen and oxygen atoms in total. The summed E-state index contributed by atoms with van der Waals surface area (Å²) in [4.78, 5) is 15.6. The molecule has 1 fully saturated rings. The van der Waals surface area contributed by atoms with E-state index in [9.17, 15) is 4.79 Å². The van der Waals surface area contributed by atoms with Crippen LogP contribution in [0.25, 0.3) is 11.0 Å². The van der Waals surface area contributed by atoms with Crippen molar-refractivity contribution in [1.82, 2.24) is 14.9 Å². The standard InChI is InChI=1S/C13H16N4O/c1-8-3-2-4-10-12(8)17(13(14)16-10)9-5-6-11(18)15-7-9/h2-4,9H,5-7H2,1H3,(H2,14,16)(H,15,18). The van der Waals surface area contributed by atoms with Crippen LogP contribution in [0.3, 0.4) is 0 Å². The van der Waals surface area contributed by atoms with E-state index in [2.05, 4.69) is 27.9 Å². The molecule has 0 spiro atoms. The smallest absolute Gasteiger partial charge is 0.220 e. The molecule has 1 aromatic heterocycles. The number of piperidine rings is 1. The van der Waals surface area contributed by atoms with Crippen molar-refractivity contribution in [3.8, 4) is 0 Å². The third-order valence-electron chi connectivity index (χ3n) is 3.54. The predicted octanol–water partition coefficient (Wildman–Crippen LogP) is 1.38. The van der Waals surface area contributed by atoms with Crippen LogP contribution in [-0.4, -0.2) is 22.0 Å². The number of amides is 1. The van der Waals surface area contributed by atoms with E-state index < -0.39 is 0 Å². The fraction of sp³-hybridized carbons (Fsp3) is 0.385. The summed E-state index contributed by atoms with van der Waals surface area (Å²) in [5.74, 6) is 0.645. The molecule has 3 rings (SSSR count). The number of imidazole rings is 1. The zero-order valence-corrected chi connectivity index (χ0v) is 10.3. The number of para-hydroxylation sites is 1. The number of anilines is 1. The van der Waals surface area contributed by atoms with Crippen LogP contribution in [0, 0.1) is 6.92 Å². The minimum atomic E-state index is 0.117. The van der Waals surface area contributed by atoms with Gasteiger partial charge in [-0.1, -0.05) is 12.1 Å². The highest BCUT2D eigenvalue weighted by atomic mass is 16.1. The Bertz CT molecular complexity index is 607. The van der Waals surface area contributed by atoms with Crippen LogP contribution < -0.4 is 11.1 Å². The summed E-state index contributed by atoms with van der Waals surface area (Å²) in [6.07, 6.45) is 1.37. The van der Waals surface area contributed by atoms with Gasteiger partial charge in [0.1, 0.15) is 0 Å². The lowest BCUT2D eigenvalue weighted by molar-refractivity contribution is -0.122. The Morgan fingerprint density at radius 1 is 1.50 bits per heavy atom. The summed E-state index contributed by atoms with van der Waals surface area (Å²) >= 11 is 0. The van der Waals surface area contributed by atoms with Crippen molar-refractivity contribution in [3.05, 3.63) is 23.8 Å². The van der Waals surface area contributed by atoms with Gasteiger partial charge in [0.15, 0.2) is 0 Å². The summed E-state index contributed by atoms with van der Waals surface area (Å²) in [7, 11) is 0. The lowest BCUT2D eigenvalue weighted by Gasteiger charge is -2.25. The average molecular weight is 244 g/mol. The van der Waals surface area contributed by atoms with Crippen LogP contribution in [0.5, 0.6) is 0 Å². The second-order valence-electron chi connectivity index (χ2n) is 4.78. The molecule has 1 saturated heterocycles. The Kier molecular flexibility index (Phi) is 2.47. The number of nitrogen functional groups attached to an aromatic ring is 1. The van der Waals surface area contributed by atoms with Gasteiger partial charge in [-0.2, -0.15) is 0 Å². The molecule has 1 unspecified atom stereocenters. The Morgan fingerprint density at radius 2 is 2.33 bits per heavy atom. The van der Waals surface area contributed by atoms with Gasteiger partial charge in [-0.25, -0.2) is 4.98 Å². The number of hydrogen-bond donors (Lipinski definition) is 2. The molecule has 1 aliphatic heterocycles. The van der Waals surface area contributed by atoms with Gasteiger partial charge in [-0.3, -0.25) is 4.79 Å². The monoisotopic (exact) mass is 244 g/mol. The molecule has 0 radical (unpaired) electrons. The van der Waals surface area contributed by atoms with E-state index in [1.165, 1.54) is 0 Å². The number of fused-ring (bicyclic) bond motifs is 1. The molecule has 1 amide bonds. The van der Waals surface area contributed by atoms with Crippen molar-refractivity contribution in [1.29, 1.82) is 0 Å². The first-order valence-corrected chi connectivity index (χ1v) is 6.16. The molecule has 1 atom stereocenters. The van der Waals surface area contributed by atoms with Gasteiger partial charge in [-0.15, -0.1) is 0 Å². The molecule has 18 heavy (non-hydrogen) atoms. The van der Waals surface area contributed by atoms with Gasteiger partial charge >= 0.3 is 0 Å². The largest absolute Gasteiger partial charge is 0.369 e. The number of nitrogens with one attached hydrogen (secondary N) is 1. The topological polar surface area (TPSA) is 72.9 Å². The van der Waals surface area contributed by atoms with Crippen molar-refractivity contribution in [2.45, 2.75) is 25.8 Å². The lowest BCUT2D eigenvalue weighted by atomic mass is 10.1. The van der Waals surface area contributed by atoms with Crippen LogP contribution in [-0.2, 0) is 4.79 Å². The van der Waals surface area contributed by atoms with E-state index in [0.29, 0.717) is 18.9 Å². The highest BCUT2D eigenvalue weighted by Crippen LogP contribution is 2.28. The summed E-state index contributed by atoms with van der Waals surface area (Å²) in [6.45, 7) is 2.68.